The van der Waals surface area contributed by atoms with Gasteiger partial charge < -0.3 is 4.42 Å². The molecule has 0 radical (unpaired) electrons. The molecule has 2 heterocycles. The second-order valence-electron chi connectivity index (χ2n) is 4.07. The lowest BCUT2D eigenvalue weighted by molar-refractivity contribution is 0.0997. The summed E-state index contributed by atoms with van der Waals surface area (Å²) in [7, 11) is 0. The molecule has 0 unspecified atom stereocenters. The molecule has 2 aromatic heterocycles. The first-order chi connectivity index (χ1) is 10.2. The molecular weight excluding hydrogens is 290 g/mol. The topological polar surface area (TPSA) is 96.0 Å². The number of thiazole rings is 1. The Morgan fingerprint density at radius 1 is 1.38 bits per heavy atom. The third-order valence-corrected chi connectivity index (χ3v) is 3.51. The van der Waals surface area contributed by atoms with Crippen LogP contribution in [-0.4, -0.2) is 10.9 Å². The van der Waals surface area contributed by atoms with Crippen LogP contribution in [0.25, 0.3) is 11.0 Å². The molecule has 3 rings (SSSR count). The fourth-order valence-corrected chi connectivity index (χ4v) is 2.37. The minimum atomic E-state index is -0.586. The second-order valence-corrected chi connectivity index (χ2v) is 5.10. The first kappa shape index (κ1) is 13.0. The monoisotopic (exact) mass is 297 g/mol. The van der Waals surface area contributed by atoms with Crippen LogP contribution >= 0.6 is 11.3 Å². The summed E-state index contributed by atoms with van der Waals surface area (Å²) in [4.78, 5) is 28.2. The lowest BCUT2D eigenvalue weighted by atomic mass is 10.2. The number of para-hydroxylation sites is 1. The van der Waals surface area contributed by atoms with Crippen LogP contribution in [0.5, 0.6) is 0 Å². The molecule has 0 fully saturated rings. The van der Waals surface area contributed by atoms with E-state index in [4.69, 9.17) is 9.68 Å². The van der Waals surface area contributed by atoms with Crippen molar-refractivity contribution in [3.05, 3.63) is 57.4 Å². The van der Waals surface area contributed by atoms with Gasteiger partial charge in [0.2, 0.25) is 0 Å². The van der Waals surface area contributed by atoms with Gasteiger partial charge in [0, 0.05) is 6.07 Å². The molecule has 0 spiro atoms. The molecule has 21 heavy (non-hydrogen) atoms. The SMILES string of the molecule is N#Cc1cnc(NC(=O)c2cc(=O)c3ccccc3o2)s1. The number of rotatable bonds is 2. The molecule has 0 aliphatic carbocycles. The van der Waals surface area contributed by atoms with Crippen molar-refractivity contribution in [2.45, 2.75) is 0 Å². The van der Waals surface area contributed by atoms with Gasteiger partial charge in [-0.1, -0.05) is 23.5 Å². The van der Waals surface area contributed by atoms with E-state index >= 15 is 0 Å². The number of hydrogen-bond donors (Lipinski definition) is 1. The highest BCUT2D eigenvalue weighted by Crippen LogP contribution is 2.18. The lowest BCUT2D eigenvalue weighted by Crippen LogP contribution is -2.14. The zero-order valence-corrected chi connectivity index (χ0v) is 11.3. The highest BCUT2D eigenvalue weighted by atomic mass is 32.1. The van der Waals surface area contributed by atoms with Gasteiger partial charge in [0.15, 0.2) is 16.3 Å². The fourth-order valence-electron chi connectivity index (χ4n) is 1.76. The van der Waals surface area contributed by atoms with Crippen LogP contribution < -0.4 is 10.7 Å². The summed E-state index contributed by atoms with van der Waals surface area (Å²) in [6.07, 6.45) is 1.36. The maximum absolute atomic E-state index is 12.0. The molecule has 6 nitrogen and oxygen atoms in total. The minimum absolute atomic E-state index is 0.104. The van der Waals surface area contributed by atoms with E-state index in [-0.39, 0.29) is 16.3 Å². The van der Waals surface area contributed by atoms with E-state index in [2.05, 4.69) is 10.3 Å². The van der Waals surface area contributed by atoms with E-state index < -0.39 is 5.91 Å². The van der Waals surface area contributed by atoms with Gasteiger partial charge >= 0.3 is 0 Å². The molecule has 0 aliphatic rings. The molecule has 0 bridgehead atoms. The Labute approximate surface area is 122 Å². The zero-order chi connectivity index (χ0) is 14.8. The maximum Gasteiger partial charge on any atom is 0.293 e. The van der Waals surface area contributed by atoms with Crippen molar-refractivity contribution in [1.82, 2.24) is 4.98 Å². The molecular formula is C14H7N3O3S. The predicted molar refractivity (Wildman–Crippen MR) is 77.3 cm³/mol. The van der Waals surface area contributed by atoms with E-state index in [0.717, 1.165) is 17.4 Å². The molecule has 1 amide bonds. The first-order valence-electron chi connectivity index (χ1n) is 5.87. The largest absolute Gasteiger partial charge is 0.451 e. The number of benzene rings is 1. The number of hydrogen-bond acceptors (Lipinski definition) is 6. The van der Waals surface area contributed by atoms with Gasteiger partial charge in [-0.2, -0.15) is 5.26 Å². The highest BCUT2D eigenvalue weighted by molar-refractivity contribution is 7.16. The van der Waals surface area contributed by atoms with Crippen molar-refractivity contribution in [3.63, 3.8) is 0 Å². The Bertz CT molecular complexity index is 936. The van der Waals surface area contributed by atoms with E-state index in [1.807, 2.05) is 6.07 Å². The van der Waals surface area contributed by atoms with Gasteiger partial charge in [-0.25, -0.2) is 4.98 Å². The average Bonchev–Trinajstić information content (AvgIpc) is 2.95. The van der Waals surface area contributed by atoms with Crippen molar-refractivity contribution < 1.29 is 9.21 Å². The van der Waals surface area contributed by atoms with Crippen molar-refractivity contribution >= 4 is 33.3 Å². The van der Waals surface area contributed by atoms with E-state index in [9.17, 15) is 9.59 Å². The second kappa shape index (κ2) is 5.19. The van der Waals surface area contributed by atoms with Crippen LogP contribution in [0.4, 0.5) is 5.13 Å². The van der Waals surface area contributed by atoms with Crippen LogP contribution in [0.3, 0.4) is 0 Å². The summed E-state index contributed by atoms with van der Waals surface area (Å²) in [5.74, 6) is -0.691. The van der Waals surface area contributed by atoms with Gasteiger partial charge in [0.1, 0.15) is 16.5 Å². The fraction of sp³-hybridized carbons (Fsp3) is 0. The number of nitriles is 1. The van der Waals surface area contributed by atoms with E-state index in [1.165, 1.54) is 6.20 Å². The molecule has 3 aromatic rings. The Morgan fingerprint density at radius 3 is 2.95 bits per heavy atom. The zero-order valence-electron chi connectivity index (χ0n) is 10.5. The van der Waals surface area contributed by atoms with Crippen LogP contribution in [0, 0.1) is 11.3 Å². The number of carbonyl (C=O) groups is 1. The quantitative estimate of drug-likeness (QED) is 0.783. The molecule has 1 aromatic carbocycles. The van der Waals surface area contributed by atoms with Gasteiger partial charge in [-0.3, -0.25) is 14.9 Å². The van der Waals surface area contributed by atoms with Gasteiger partial charge in [0.25, 0.3) is 5.91 Å². The number of nitrogens with one attached hydrogen (secondary N) is 1. The molecule has 1 N–H and O–H groups in total. The van der Waals surface area contributed by atoms with E-state index in [0.29, 0.717) is 15.8 Å². The molecule has 0 saturated carbocycles. The van der Waals surface area contributed by atoms with Crippen LogP contribution in [0.1, 0.15) is 15.4 Å². The minimum Gasteiger partial charge on any atom is -0.451 e. The third-order valence-electron chi connectivity index (χ3n) is 2.69. The first-order valence-corrected chi connectivity index (χ1v) is 6.69. The summed E-state index contributed by atoms with van der Waals surface area (Å²) in [5, 5.41) is 11.9. The van der Waals surface area contributed by atoms with Crippen molar-refractivity contribution in [2.75, 3.05) is 5.32 Å². The van der Waals surface area contributed by atoms with Crippen molar-refractivity contribution in [1.29, 1.82) is 5.26 Å². The molecule has 0 saturated heterocycles. The summed E-state index contributed by atoms with van der Waals surface area (Å²) in [5.41, 5.74) is 0.0471. The molecule has 102 valence electrons. The predicted octanol–water partition coefficient (Wildman–Crippen LogP) is 2.37. The third kappa shape index (κ3) is 2.52. The average molecular weight is 297 g/mol. The Morgan fingerprint density at radius 2 is 2.19 bits per heavy atom. The smallest absolute Gasteiger partial charge is 0.293 e. The summed E-state index contributed by atoms with van der Waals surface area (Å²) in [6.45, 7) is 0. The summed E-state index contributed by atoms with van der Waals surface area (Å²) >= 11 is 1.04. The van der Waals surface area contributed by atoms with Crippen LogP contribution in [-0.2, 0) is 0 Å². The summed E-state index contributed by atoms with van der Waals surface area (Å²) in [6, 6.07) is 9.74. The normalized spacial score (nSPS) is 10.2. The molecule has 7 heteroatoms. The van der Waals surface area contributed by atoms with Crippen LogP contribution in [0.2, 0.25) is 0 Å². The number of anilines is 1. The lowest BCUT2D eigenvalue weighted by Gasteiger charge is -2.02. The number of aromatic nitrogens is 1. The molecule has 0 atom stereocenters. The van der Waals surface area contributed by atoms with Gasteiger partial charge in [-0.05, 0) is 12.1 Å². The van der Waals surface area contributed by atoms with Gasteiger partial charge in [-0.15, -0.1) is 0 Å². The van der Waals surface area contributed by atoms with Crippen LogP contribution in [0.15, 0.2) is 45.7 Å². The highest BCUT2D eigenvalue weighted by Gasteiger charge is 2.14. The number of carbonyl (C=O) groups excluding carboxylic acids is 1. The number of nitrogens with zero attached hydrogens (tertiary/aromatic N) is 2. The van der Waals surface area contributed by atoms with Crippen molar-refractivity contribution in [2.24, 2.45) is 0 Å². The number of fused-ring (bicyclic) bond motifs is 1. The summed E-state index contributed by atoms with van der Waals surface area (Å²) < 4.78 is 5.41. The maximum atomic E-state index is 12.0. The van der Waals surface area contributed by atoms with E-state index in [1.54, 1.807) is 24.3 Å². The Balaban J connectivity index is 1.95. The Hall–Kier alpha value is -2.98. The number of amides is 1. The molecule has 0 aliphatic heterocycles. The standard InChI is InChI=1S/C14H7N3O3S/c15-6-8-7-16-14(21-8)17-13(19)12-5-10(18)9-3-1-2-4-11(9)20-12/h1-5,7H,(H,16,17,19). The van der Waals surface area contributed by atoms with Gasteiger partial charge in [0.05, 0.1) is 11.6 Å². The van der Waals surface area contributed by atoms with Crippen molar-refractivity contribution in [3.8, 4) is 6.07 Å². The Kier molecular flexibility index (Phi) is 3.22.